The lowest BCUT2D eigenvalue weighted by molar-refractivity contribution is -0.124. The number of hydrogen-bond acceptors (Lipinski definition) is 3. The Kier molecular flexibility index (Phi) is 4.74. The van der Waals surface area contributed by atoms with E-state index < -0.39 is 0 Å². The van der Waals surface area contributed by atoms with Gasteiger partial charge in [0.1, 0.15) is 18.7 Å². The summed E-state index contributed by atoms with van der Waals surface area (Å²) in [6.07, 6.45) is 3.71. The van der Waals surface area contributed by atoms with Gasteiger partial charge in [0, 0.05) is 11.1 Å². The molecule has 1 aromatic carbocycles. The van der Waals surface area contributed by atoms with Crippen LogP contribution in [0.4, 0.5) is 0 Å². The first-order valence-corrected chi connectivity index (χ1v) is 6.83. The van der Waals surface area contributed by atoms with Crippen LogP contribution in [0.2, 0.25) is 5.02 Å². The van der Waals surface area contributed by atoms with Crippen molar-refractivity contribution in [2.75, 3.05) is 0 Å². The first-order chi connectivity index (χ1) is 9.56. The Morgan fingerprint density at radius 2 is 2.05 bits per heavy atom. The van der Waals surface area contributed by atoms with Crippen LogP contribution in [-0.4, -0.2) is 26.7 Å². The Hall–Kier alpha value is -1.88. The summed E-state index contributed by atoms with van der Waals surface area (Å²) in [5, 5.41) is 7.65. The van der Waals surface area contributed by atoms with E-state index in [1.807, 2.05) is 31.2 Å². The van der Waals surface area contributed by atoms with E-state index in [4.69, 9.17) is 11.6 Å². The Morgan fingerprint density at radius 3 is 2.65 bits per heavy atom. The number of carbonyl (C=O) groups excluding carboxylic acids is 1. The van der Waals surface area contributed by atoms with Crippen molar-refractivity contribution in [1.82, 2.24) is 20.1 Å². The third kappa shape index (κ3) is 3.81. The molecule has 20 heavy (non-hydrogen) atoms. The number of hydrogen-bond donors (Lipinski definition) is 1. The van der Waals surface area contributed by atoms with Gasteiger partial charge < -0.3 is 5.32 Å². The first-order valence-electron chi connectivity index (χ1n) is 6.45. The normalized spacial score (nSPS) is 13.8. The molecule has 2 rings (SSSR count). The van der Waals surface area contributed by atoms with Gasteiger partial charge in [-0.3, -0.25) is 4.79 Å². The average Bonchev–Trinajstić information content (AvgIpc) is 2.94. The molecule has 1 heterocycles. The number of nitrogens with one attached hydrogen (secondary N) is 1. The molecule has 5 nitrogen and oxygen atoms in total. The fourth-order valence-electron chi connectivity index (χ4n) is 1.93. The predicted molar refractivity (Wildman–Crippen MR) is 77.5 cm³/mol. The number of rotatable bonds is 5. The summed E-state index contributed by atoms with van der Waals surface area (Å²) in [5.41, 5.74) is 1.13. The maximum atomic E-state index is 12.1. The number of nitrogens with zero attached hydrogens (tertiary/aromatic N) is 3. The van der Waals surface area contributed by atoms with Crippen molar-refractivity contribution in [3.63, 3.8) is 0 Å². The molecule has 0 aliphatic rings. The van der Waals surface area contributed by atoms with Crippen LogP contribution in [0.15, 0.2) is 36.9 Å². The van der Waals surface area contributed by atoms with Gasteiger partial charge in [0.2, 0.25) is 5.91 Å². The Balaban J connectivity index is 1.89. The first kappa shape index (κ1) is 14.5. The van der Waals surface area contributed by atoms with Crippen molar-refractivity contribution in [3.05, 3.63) is 47.5 Å². The lowest BCUT2D eigenvalue weighted by Crippen LogP contribution is -2.38. The summed E-state index contributed by atoms with van der Waals surface area (Å²) >= 11 is 5.85. The van der Waals surface area contributed by atoms with Crippen molar-refractivity contribution in [2.24, 2.45) is 0 Å². The smallest absolute Gasteiger partial charge is 0.244 e. The van der Waals surface area contributed by atoms with Gasteiger partial charge in [0.05, 0.1) is 0 Å². The highest BCUT2D eigenvalue weighted by atomic mass is 35.5. The maximum Gasteiger partial charge on any atom is 0.244 e. The second-order valence-corrected chi connectivity index (χ2v) is 5.23. The summed E-state index contributed by atoms with van der Waals surface area (Å²) in [6.45, 7) is 3.76. The van der Waals surface area contributed by atoms with E-state index in [0.29, 0.717) is 5.02 Å². The maximum absolute atomic E-state index is 12.1. The molecule has 1 amide bonds. The lowest BCUT2D eigenvalue weighted by Gasteiger charge is -2.17. The molecule has 106 valence electrons. The van der Waals surface area contributed by atoms with E-state index >= 15 is 0 Å². The van der Waals surface area contributed by atoms with Crippen LogP contribution in [-0.2, 0) is 11.2 Å². The number of amides is 1. The van der Waals surface area contributed by atoms with Crippen molar-refractivity contribution >= 4 is 17.5 Å². The zero-order valence-corrected chi connectivity index (χ0v) is 12.2. The molecule has 0 radical (unpaired) electrons. The van der Waals surface area contributed by atoms with Crippen LogP contribution in [0.1, 0.15) is 25.5 Å². The third-order valence-corrected chi connectivity index (χ3v) is 3.31. The van der Waals surface area contributed by atoms with Gasteiger partial charge in [-0.2, -0.15) is 5.10 Å². The Morgan fingerprint density at radius 1 is 1.35 bits per heavy atom. The predicted octanol–water partition coefficient (Wildman–Crippen LogP) is 2.24. The SMILES string of the molecule is C[C@@H](Cc1ccc(Cl)cc1)NC(=O)[C@H](C)n1cncn1. The second kappa shape index (κ2) is 6.52. The summed E-state index contributed by atoms with van der Waals surface area (Å²) in [7, 11) is 0. The van der Waals surface area contributed by atoms with Gasteiger partial charge >= 0.3 is 0 Å². The van der Waals surface area contributed by atoms with E-state index in [9.17, 15) is 4.79 Å². The van der Waals surface area contributed by atoms with E-state index in [1.165, 1.54) is 17.3 Å². The highest BCUT2D eigenvalue weighted by molar-refractivity contribution is 6.30. The van der Waals surface area contributed by atoms with Gasteiger partial charge in [-0.25, -0.2) is 9.67 Å². The van der Waals surface area contributed by atoms with E-state index in [-0.39, 0.29) is 18.0 Å². The minimum atomic E-state index is -0.370. The van der Waals surface area contributed by atoms with Crippen molar-refractivity contribution in [3.8, 4) is 0 Å². The highest BCUT2D eigenvalue weighted by Gasteiger charge is 2.17. The molecule has 1 aromatic heterocycles. The number of carbonyl (C=O) groups is 1. The third-order valence-electron chi connectivity index (χ3n) is 3.06. The zero-order valence-electron chi connectivity index (χ0n) is 11.5. The van der Waals surface area contributed by atoms with Crippen LogP contribution >= 0.6 is 11.6 Å². The van der Waals surface area contributed by atoms with Gasteiger partial charge in [0.15, 0.2) is 0 Å². The molecule has 0 aliphatic heterocycles. The summed E-state index contributed by atoms with van der Waals surface area (Å²) < 4.78 is 1.53. The molecule has 0 saturated carbocycles. The summed E-state index contributed by atoms with van der Waals surface area (Å²) in [5.74, 6) is -0.0723. The van der Waals surface area contributed by atoms with E-state index in [2.05, 4.69) is 15.4 Å². The van der Waals surface area contributed by atoms with Crippen LogP contribution in [0.5, 0.6) is 0 Å². The average molecular weight is 293 g/mol. The number of aromatic nitrogens is 3. The van der Waals surface area contributed by atoms with Crippen LogP contribution in [0.3, 0.4) is 0 Å². The second-order valence-electron chi connectivity index (χ2n) is 4.79. The van der Waals surface area contributed by atoms with Crippen molar-refractivity contribution < 1.29 is 4.79 Å². The number of halogens is 1. The van der Waals surface area contributed by atoms with Crippen LogP contribution in [0, 0.1) is 0 Å². The Labute approximate surface area is 123 Å². The molecule has 6 heteroatoms. The fraction of sp³-hybridized carbons (Fsp3) is 0.357. The standard InChI is InChI=1S/C14H17ClN4O/c1-10(7-12-3-5-13(15)6-4-12)18-14(20)11(2)19-9-16-8-17-19/h3-6,8-11H,7H2,1-2H3,(H,18,20)/t10-,11-/m0/s1. The van der Waals surface area contributed by atoms with Crippen molar-refractivity contribution in [2.45, 2.75) is 32.4 Å². The van der Waals surface area contributed by atoms with E-state index in [1.54, 1.807) is 6.92 Å². The molecule has 0 bridgehead atoms. The van der Waals surface area contributed by atoms with Gasteiger partial charge in [-0.15, -0.1) is 0 Å². The molecule has 0 spiro atoms. The molecular formula is C14H17ClN4O. The molecule has 1 N–H and O–H groups in total. The molecule has 2 aromatic rings. The van der Waals surface area contributed by atoms with Gasteiger partial charge in [-0.1, -0.05) is 23.7 Å². The molecule has 0 unspecified atom stereocenters. The van der Waals surface area contributed by atoms with E-state index in [0.717, 1.165) is 12.0 Å². The fourth-order valence-corrected chi connectivity index (χ4v) is 2.05. The Bertz CT molecular complexity index is 553. The molecule has 0 fully saturated rings. The molecule has 0 aliphatic carbocycles. The van der Waals surface area contributed by atoms with Crippen LogP contribution < -0.4 is 5.32 Å². The minimum absolute atomic E-state index is 0.0367. The quantitative estimate of drug-likeness (QED) is 0.919. The largest absolute Gasteiger partial charge is 0.351 e. The monoisotopic (exact) mass is 292 g/mol. The molecular weight excluding hydrogens is 276 g/mol. The lowest BCUT2D eigenvalue weighted by atomic mass is 10.1. The number of benzene rings is 1. The van der Waals surface area contributed by atoms with Gasteiger partial charge in [-0.05, 0) is 38.0 Å². The summed E-state index contributed by atoms with van der Waals surface area (Å²) in [6, 6.07) is 7.30. The highest BCUT2D eigenvalue weighted by Crippen LogP contribution is 2.11. The van der Waals surface area contributed by atoms with Crippen LogP contribution in [0.25, 0.3) is 0 Å². The molecule has 0 saturated heterocycles. The van der Waals surface area contributed by atoms with Crippen molar-refractivity contribution in [1.29, 1.82) is 0 Å². The summed E-state index contributed by atoms with van der Waals surface area (Å²) in [4.78, 5) is 15.9. The molecule has 2 atom stereocenters. The zero-order chi connectivity index (χ0) is 14.5. The van der Waals surface area contributed by atoms with Gasteiger partial charge in [0.25, 0.3) is 0 Å². The minimum Gasteiger partial charge on any atom is -0.351 e. The topological polar surface area (TPSA) is 59.8 Å².